The Kier molecular flexibility index (Phi) is 6.49. The fraction of sp³-hybridized carbons (Fsp3) is 0.792. The smallest absolute Gasteiger partial charge is 0.302 e. The second-order valence-corrected chi connectivity index (χ2v) is 12.6. The maximum Gasteiger partial charge on any atom is 0.302 e. The summed E-state index contributed by atoms with van der Waals surface area (Å²) in [7, 11) is 0. The molecule has 6 unspecified atom stereocenters. The summed E-state index contributed by atoms with van der Waals surface area (Å²) in [6, 6.07) is 0. The van der Waals surface area contributed by atoms with Gasteiger partial charge in [-0.1, -0.05) is 31.6 Å². The van der Waals surface area contributed by atoms with Gasteiger partial charge in [-0.25, -0.2) is 0 Å². The lowest BCUT2D eigenvalue weighted by atomic mass is 9.47. The number of rotatable bonds is 3. The van der Waals surface area contributed by atoms with Gasteiger partial charge in [0.05, 0.1) is 0 Å². The lowest BCUT2D eigenvalue weighted by molar-refractivity contribution is -0.148. The molecule has 3 fully saturated rings. The maximum atomic E-state index is 11.4. The normalized spacial score (nSPS) is 42.3. The third kappa shape index (κ3) is 4.21. The van der Waals surface area contributed by atoms with Gasteiger partial charge in [-0.2, -0.15) is 0 Å². The minimum Gasteiger partial charge on any atom is -0.462 e. The molecule has 3 nitrogen and oxygen atoms in total. The maximum absolute atomic E-state index is 11.4. The number of allylic oxidation sites excluding steroid dienone is 2. The third-order valence-electron chi connectivity index (χ3n) is 8.22. The van der Waals surface area contributed by atoms with Gasteiger partial charge in [0.1, 0.15) is 6.10 Å². The summed E-state index contributed by atoms with van der Waals surface area (Å²) in [5.41, 5.74) is 1.74. The quantitative estimate of drug-likeness (QED) is 0.448. The Labute approximate surface area is 184 Å². The zero-order chi connectivity index (χ0) is 20.6. The fourth-order valence-corrected chi connectivity index (χ4v) is 8.97. The number of hydrogen-bond acceptors (Lipinski definition) is 5. The first-order valence-corrected chi connectivity index (χ1v) is 13.3. The summed E-state index contributed by atoms with van der Waals surface area (Å²) in [5.74, 6) is 4.03. The molecule has 4 rings (SSSR count). The molecule has 0 amide bonds. The summed E-state index contributed by atoms with van der Waals surface area (Å²) in [5, 5.41) is 10.3. The van der Waals surface area contributed by atoms with Crippen LogP contribution in [0.25, 0.3) is 0 Å². The molecule has 4 aliphatic rings. The van der Waals surface area contributed by atoms with E-state index in [1.807, 2.05) is 23.5 Å². The van der Waals surface area contributed by atoms with Gasteiger partial charge in [-0.3, -0.25) is 4.79 Å². The molecule has 162 valence electrons. The van der Waals surface area contributed by atoms with Crippen LogP contribution in [-0.4, -0.2) is 35.3 Å². The molecule has 6 atom stereocenters. The molecule has 0 aromatic heterocycles. The van der Waals surface area contributed by atoms with Gasteiger partial charge < -0.3 is 9.84 Å². The molecule has 1 heterocycles. The van der Waals surface area contributed by atoms with E-state index in [9.17, 15) is 9.90 Å². The number of aliphatic hydroxyl groups is 1. The number of aliphatic hydroxyl groups excluding tert-OH is 1. The van der Waals surface area contributed by atoms with Gasteiger partial charge in [0.15, 0.2) is 0 Å². The predicted octanol–water partition coefficient (Wildman–Crippen LogP) is 5.79. The van der Waals surface area contributed by atoms with Crippen molar-refractivity contribution in [2.24, 2.45) is 28.6 Å². The van der Waals surface area contributed by atoms with Crippen molar-refractivity contribution in [2.75, 3.05) is 18.1 Å². The molecule has 3 aliphatic carbocycles. The van der Waals surface area contributed by atoms with Crippen LogP contribution in [0.2, 0.25) is 0 Å². The molecule has 0 radical (unpaired) electrons. The summed E-state index contributed by atoms with van der Waals surface area (Å²) in [6.45, 7) is 6.58. The van der Waals surface area contributed by atoms with Gasteiger partial charge in [-0.05, 0) is 78.6 Å². The minimum absolute atomic E-state index is 0.0105. The Bertz CT molecular complexity index is 694. The first kappa shape index (κ1) is 21.8. The molecule has 1 aliphatic heterocycles. The zero-order valence-electron chi connectivity index (χ0n) is 18.1. The molecular weight excluding hydrogens is 400 g/mol. The molecule has 0 spiro atoms. The van der Waals surface area contributed by atoms with Crippen molar-refractivity contribution >= 4 is 29.5 Å². The largest absolute Gasteiger partial charge is 0.462 e. The van der Waals surface area contributed by atoms with E-state index in [4.69, 9.17) is 4.74 Å². The number of carbonyl (C=O) groups excluding carboxylic acids is 1. The van der Waals surface area contributed by atoms with E-state index in [1.54, 1.807) is 0 Å². The van der Waals surface area contributed by atoms with Crippen LogP contribution in [0.5, 0.6) is 0 Å². The van der Waals surface area contributed by atoms with Crippen molar-refractivity contribution in [2.45, 2.75) is 71.8 Å². The van der Waals surface area contributed by atoms with Crippen molar-refractivity contribution in [3.05, 3.63) is 22.0 Å². The molecular formula is C24H36O3S2. The Morgan fingerprint density at radius 1 is 1.28 bits per heavy atom. The lowest BCUT2D eigenvalue weighted by Gasteiger charge is -2.58. The molecule has 1 saturated heterocycles. The number of fused-ring (bicyclic) bond motifs is 3. The summed E-state index contributed by atoms with van der Waals surface area (Å²) < 4.78 is 7.05. The summed E-state index contributed by atoms with van der Waals surface area (Å²) >= 11 is 4.03. The average Bonchev–Trinajstić information content (AvgIpc) is 2.70. The Morgan fingerprint density at radius 2 is 2.03 bits per heavy atom. The van der Waals surface area contributed by atoms with Crippen molar-refractivity contribution < 1.29 is 14.6 Å². The van der Waals surface area contributed by atoms with Crippen LogP contribution >= 0.6 is 23.5 Å². The lowest BCUT2D eigenvalue weighted by Crippen LogP contribution is -2.51. The van der Waals surface area contributed by atoms with E-state index in [0.29, 0.717) is 17.8 Å². The Balaban J connectivity index is 1.61. The van der Waals surface area contributed by atoms with Crippen LogP contribution in [0.15, 0.2) is 22.0 Å². The Morgan fingerprint density at radius 3 is 2.72 bits per heavy atom. The monoisotopic (exact) mass is 436 g/mol. The highest BCUT2D eigenvalue weighted by molar-refractivity contribution is 8.22. The van der Waals surface area contributed by atoms with Crippen LogP contribution in [0.3, 0.4) is 0 Å². The number of carbonyl (C=O) groups is 1. The molecule has 5 heteroatoms. The average molecular weight is 437 g/mol. The van der Waals surface area contributed by atoms with Crippen LogP contribution in [0.4, 0.5) is 0 Å². The number of thioether (sulfide) groups is 2. The molecule has 0 aromatic rings. The number of esters is 1. The predicted molar refractivity (Wildman–Crippen MR) is 123 cm³/mol. The number of hydrogen-bond donors (Lipinski definition) is 1. The van der Waals surface area contributed by atoms with Gasteiger partial charge in [0.25, 0.3) is 0 Å². The van der Waals surface area contributed by atoms with E-state index in [0.717, 1.165) is 32.1 Å². The first-order chi connectivity index (χ1) is 13.9. The minimum atomic E-state index is -0.154. The molecule has 2 saturated carbocycles. The molecule has 0 aromatic carbocycles. The van der Waals surface area contributed by atoms with Crippen LogP contribution < -0.4 is 0 Å². The van der Waals surface area contributed by atoms with Crippen molar-refractivity contribution in [1.82, 2.24) is 0 Å². The van der Waals surface area contributed by atoms with Crippen molar-refractivity contribution in [3.63, 3.8) is 0 Å². The fourth-order valence-electron chi connectivity index (χ4n) is 6.49. The molecule has 1 N–H and O–H groups in total. The molecule has 0 bridgehead atoms. The zero-order valence-corrected chi connectivity index (χ0v) is 19.7. The standard InChI is InChI=1S/C24H36O3S2/c1-16(26)27-18-7-10-24(3)17(13-18)5-6-19-20(24)8-9-23(2,15-25)21(19)14-22-28-11-4-12-29-22/h5,14,18-21,25H,4,6-13,15H2,1-3H3. The van der Waals surface area contributed by atoms with Crippen LogP contribution in [0.1, 0.15) is 65.7 Å². The van der Waals surface area contributed by atoms with Gasteiger partial charge >= 0.3 is 5.97 Å². The second kappa shape index (κ2) is 8.63. The summed E-state index contributed by atoms with van der Waals surface area (Å²) in [6.07, 6.45) is 12.8. The highest BCUT2D eigenvalue weighted by Gasteiger charge is 2.54. The topological polar surface area (TPSA) is 46.5 Å². The number of ether oxygens (including phenoxy) is 1. The van der Waals surface area contributed by atoms with Gasteiger partial charge in [-0.15, -0.1) is 23.5 Å². The van der Waals surface area contributed by atoms with E-state index in [2.05, 4.69) is 26.0 Å². The second-order valence-electron chi connectivity index (χ2n) is 10.0. The van der Waals surface area contributed by atoms with Crippen LogP contribution in [0, 0.1) is 28.6 Å². The third-order valence-corrected chi connectivity index (χ3v) is 10.8. The van der Waals surface area contributed by atoms with Gasteiger partial charge in [0.2, 0.25) is 0 Å². The van der Waals surface area contributed by atoms with E-state index in [-0.39, 0.29) is 29.5 Å². The molecule has 29 heavy (non-hydrogen) atoms. The van der Waals surface area contributed by atoms with Crippen molar-refractivity contribution in [3.8, 4) is 0 Å². The SMILES string of the molecule is CC(=O)OC1CCC2(C)C(=CCC3C(C=C4SCCCS4)C(C)(CO)CCC32)C1. The first-order valence-electron chi connectivity index (χ1n) is 11.3. The highest BCUT2D eigenvalue weighted by atomic mass is 32.2. The van der Waals surface area contributed by atoms with E-state index in [1.165, 1.54) is 41.1 Å². The summed E-state index contributed by atoms with van der Waals surface area (Å²) in [4.78, 5) is 11.4. The van der Waals surface area contributed by atoms with Gasteiger partial charge in [0, 0.05) is 24.2 Å². The Hall–Kier alpha value is -0.390. The van der Waals surface area contributed by atoms with E-state index < -0.39 is 0 Å². The van der Waals surface area contributed by atoms with Crippen molar-refractivity contribution in [1.29, 1.82) is 0 Å². The van der Waals surface area contributed by atoms with Crippen LogP contribution in [-0.2, 0) is 9.53 Å². The van der Waals surface area contributed by atoms with E-state index >= 15 is 0 Å². The highest BCUT2D eigenvalue weighted by Crippen LogP contribution is 2.62.